The maximum Gasteiger partial charge on any atom is 0.169 e. The zero-order valence-electron chi connectivity index (χ0n) is 10.5. The van der Waals surface area contributed by atoms with Crippen LogP contribution in [0.2, 0.25) is 0 Å². The molecule has 2 atom stereocenters. The van der Waals surface area contributed by atoms with E-state index in [0.29, 0.717) is 5.70 Å². The number of allylic oxidation sites excluding steroid dienone is 1. The van der Waals surface area contributed by atoms with Gasteiger partial charge in [-0.1, -0.05) is 31.2 Å². The number of carbonyl (C=O) groups is 1. The summed E-state index contributed by atoms with van der Waals surface area (Å²) >= 11 is 0. The molecule has 0 radical (unpaired) electrons. The lowest BCUT2D eigenvalue weighted by molar-refractivity contribution is -0.107. The van der Waals surface area contributed by atoms with Crippen molar-refractivity contribution >= 4 is 6.29 Å². The molecule has 0 spiro atoms. The van der Waals surface area contributed by atoms with Gasteiger partial charge in [0.05, 0.1) is 6.04 Å². The smallest absolute Gasteiger partial charge is 0.169 e. The van der Waals surface area contributed by atoms with Crippen LogP contribution in [0.3, 0.4) is 0 Å². The van der Waals surface area contributed by atoms with Crippen LogP contribution in [0, 0.1) is 0 Å². The molecule has 1 aliphatic heterocycles. The van der Waals surface area contributed by atoms with E-state index in [1.165, 1.54) is 11.1 Å². The fourth-order valence-corrected chi connectivity index (χ4v) is 3.02. The molecule has 3 nitrogen and oxygen atoms in total. The number of rotatable bonds is 2. The van der Waals surface area contributed by atoms with Gasteiger partial charge in [-0.15, -0.1) is 0 Å². The fourth-order valence-electron chi connectivity index (χ4n) is 3.02. The number of fused-ring (bicyclic) bond motifs is 2. The van der Waals surface area contributed by atoms with Crippen LogP contribution in [-0.4, -0.2) is 17.9 Å². The third kappa shape index (κ3) is 1.62. The Morgan fingerprint density at radius 1 is 1.44 bits per heavy atom. The second-order valence-electron chi connectivity index (χ2n) is 5.07. The molecular formula is C15H17NO2. The van der Waals surface area contributed by atoms with Gasteiger partial charge < -0.3 is 10.1 Å². The Morgan fingerprint density at radius 2 is 2.22 bits per heavy atom. The molecule has 2 unspecified atom stereocenters. The number of aldehydes is 1. The van der Waals surface area contributed by atoms with Crippen LogP contribution in [0.25, 0.3) is 0 Å². The molecule has 1 aromatic carbocycles. The Bertz CT molecular complexity index is 509. The van der Waals surface area contributed by atoms with Crippen molar-refractivity contribution in [3.8, 4) is 0 Å². The monoisotopic (exact) mass is 243 g/mol. The molecule has 0 saturated carbocycles. The van der Waals surface area contributed by atoms with E-state index in [-0.39, 0.29) is 11.6 Å². The molecule has 1 heterocycles. The minimum Gasteiger partial charge on any atom is -0.490 e. The Morgan fingerprint density at radius 3 is 2.94 bits per heavy atom. The molecule has 3 heteroatoms. The van der Waals surface area contributed by atoms with Crippen molar-refractivity contribution in [1.82, 2.24) is 5.32 Å². The summed E-state index contributed by atoms with van der Waals surface area (Å²) in [5, 5.41) is 3.31. The van der Waals surface area contributed by atoms with E-state index in [0.717, 1.165) is 25.5 Å². The van der Waals surface area contributed by atoms with Crippen molar-refractivity contribution in [3.63, 3.8) is 0 Å². The largest absolute Gasteiger partial charge is 0.490 e. The molecular weight excluding hydrogens is 226 g/mol. The number of benzene rings is 1. The second kappa shape index (κ2) is 4.16. The Hall–Kier alpha value is -1.77. The van der Waals surface area contributed by atoms with Crippen LogP contribution < -0.4 is 5.32 Å². The first-order chi connectivity index (χ1) is 8.77. The summed E-state index contributed by atoms with van der Waals surface area (Å²) in [5.41, 5.74) is 3.06. The summed E-state index contributed by atoms with van der Waals surface area (Å²) in [6, 6.07) is 8.66. The Balaban J connectivity index is 1.99. The van der Waals surface area contributed by atoms with Crippen LogP contribution in [0.1, 0.15) is 24.5 Å². The third-order valence-electron chi connectivity index (χ3n) is 4.15. The van der Waals surface area contributed by atoms with Crippen molar-refractivity contribution in [2.75, 3.05) is 0 Å². The van der Waals surface area contributed by atoms with Crippen molar-refractivity contribution in [1.29, 1.82) is 0 Å². The van der Waals surface area contributed by atoms with E-state index in [2.05, 4.69) is 36.5 Å². The van der Waals surface area contributed by atoms with Crippen LogP contribution >= 0.6 is 0 Å². The van der Waals surface area contributed by atoms with E-state index in [9.17, 15) is 4.79 Å². The van der Waals surface area contributed by atoms with Gasteiger partial charge in [0.1, 0.15) is 17.6 Å². The maximum absolute atomic E-state index is 10.9. The highest BCUT2D eigenvalue weighted by Crippen LogP contribution is 2.36. The van der Waals surface area contributed by atoms with Gasteiger partial charge in [0.15, 0.2) is 6.29 Å². The highest BCUT2D eigenvalue weighted by Gasteiger charge is 2.45. The fraction of sp³-hybridized carbons (Fsp3) is 0.400. The summed E-state index contributed by atoms with van der Waals surface area (Å²) in [7, 11) is 0. The lowest BCUT2D eigenvalue weighted by Crippen LogP contribution is -2.58. The van der Waals surface area contributed by atoms with Crippen molar-refractivity contribution < 1.29 is 9.53 Å². The first-order valence-corrected chi connectivity index (χ1v) is 6.44. The van der Waals surface area contributed by atoms with Crippen molar-refractivity contribution in [3.05, 3.63) is 47.4 Å². The van der Waals surface area contributed by atoms with Crippen LogP contribution in [-0.2, 0) is 22.4 Å². The zero-order chi connectivity index (χ0) is 12.6. The highest BCUT2D eigenvalue weighted by molar-refractivity contribution is 5.72. The van der Waals surface area contributed by atoms with Crippen LogP contribution in [0.5, 0.6) is 0 Å². The Kier molecular flexibility index (Phi) is 2.62. The molecule has 0 amide bonds. The summed E-state index contributed by atoms with van der Waals surface area (Å²) in [6.45, 7) is 2.14. The number of hydrogen-bond donors (Lipinski definition) is 1. The Labute approximate surface area is 107 Å². The van der Waals surface area contributed by atoms with Gasteiger partial charge in [-0.2, -0.15) is 0 Å². The molecule has 3 rings (SSSR count). The highest BCUT2D eigenvalue weighted by atomic mass is 16.5. The number of hydrogen-bond acceptors (Lipinski definition) is 3. The summed E-state index contributed by atoms with van der Waals surface area (Å²) in [5.74, 6) is 0. The molecule has 1 aliphatic carbocycles. The molecule has 0 bridgehead atoms. The van der Waals surface area contributed by atoms with E-state index in [1.54, 1.807) is 6.26 Å². The summed E-state index contributed by atoms with van der Waals surface area (Å²) in [4.78, 5) is 10.9. The molecule has 94 valence electrons. The number of ether oxygens (including phenoxy) is 1. The van der Waals surface area contributed by atoms with Crippen LogP contribution in [0.4, 0.5) is 0 Å². The van der Waals surface area contributed by atoms with E-state index >= 15 is 0 Å². The summed E-state index contributed by atoms with van der Waals surface area (Å²) < 4.78 is 5.92. The van der Waals surface area contributed by atoms with Gasteiger partial charge in [0.25, 0.3) is 0 Å². The summed E-state index contributed by atoms with van der Waals surface area (Å²) in [6.07, 6.45) is 5.14. The van der Waals surface area contributed by atoms with E-state index in [4.69, 9.17) is 4.74 Å². The number of nitrogens with one attached hydrogen (secondary N) is 1. The van der Waals surface area contributed by atoms with Gasteiger partial charge in [-0.05, 0) is 24.0 Å². The molecule has 0 saturated heterocycles. The first-order valence-electron chi connectivity index (χ1n) is 6.44. The van der Waals surface area contributed by atoms with E-state index in [1.807, 2.05) is 0 Å². The zero-order valence-corrected chi connectivity index (χ0v) is 10.5. The first kappa shape index (κ1) is 11.3. The van der Waals surface area contributed by atoms with Crippen molar-refractivity contribution in [2.24, 2.45) is 0 Å². The molecule has 18 heavy (non-hydrogen) atoms. The lowest BCUT2D eigenvalue weighted by Gasteiger charge is -2.46. The molecule has 2 aliphatic rings. The maximum atomic E-state index is 10.9. The molecule has 1 aromatic rings. The normalized spacial score (nSPS) is 29.2. The topological polar surface area (TPSA) is 38.3 Å². The second-order valence-corrected chi connectivity index (χ2v) is 5.07. The minimum absolute atomic E-state index is 0.183. The van der Waals surface area contributed by atoms with Gasteiger partial charge >= 0.3 is 0 Å². The minimum atomic E-state index is -0.207. The van der Waals surface area contributed by atoms with Gasteiger partial charge in [-0.3, -0.25) is 4.79 Å². The molecule has 1 N–H and O–H groups in total. The number of carbonyl (C=O) groups excluding carboxylic acids is 1. The molecule has 0 aromatic heterocycles. The van der Waals surface area contributed by atoms with Crippen molar-refractivity contribution in [2.45, 2.75) is 37.8 Å². The average Bonchev–Trinajstić information content (AvgIpc) is 2.44. The van der Waals surface area contributed by atoms with Gasteiger partial charge in [0, 0.05) is 6.42 Å². The average molecular weight is 243 g/mol. The quantitative estimate of drug-likeness (QED) is 0.807. The van der Waals surface area contributed by atoms with Gasteiger partial charge in [0.2, 0.25) is 0 Å². The standard InChI is InChI=1S/C15H17NO2/c1-2-15-8-12-6-4-3-5-11(12)7-14(15)16-13(9-17)10-18-15/h3-6,9-10,14,16H,2,7-8H2,1H3. The lowest BCUT2D eigenvalue weighted by atomic mass is 9.74. The SMILES string of the molecule is CCC12Cc3ccccc3CC1NC(C=O)=CO2. The predicted molar refractivity (Wildman–Crippen MR) is 69.0 cm³/mol. The van der Waals surface area contributed by atoms with Gasteiger partial charge in [-0.25, -0.2) is 0 Å². The van der Waals surface area contributed by atoms with E-state index < -0.39 is 0 Å². The predicted octanol–water partition coefficient (Wildman–Crippen LogP) is 1.96. The molecule has 0 fully saturated rings. The van der Waals surface area contributed by atoms with Crippen LogP contribution in [0.15, 0.2) is 36.2 Å². The third-order valence-corrected chi connectivity index (χ3v) is 4.15.